The topological polar surface area (TPSA) is 75.6 Å². The van der Waals surface area contributed by atoms with Crippen LogP contribution in [0.3, 0.4) is 0 Å². The van der Waals surface area contributed by atoms with Gasteiger partial charge < -0.3 is 15.2 Å². The summed E-state index contributed by atoms with van der Waals surface area (Å²) >= 11 is 0. The van der Waals surface area contributed by atoms with Crippen molar-refractivity contribution >= 4 is 11.9 Å². The molecule has 1 aliphatic heterocycles. The van der Waals surface area contributed by atoms with E-state index in [0.717, 1.165) is 12.0 Å². The second-order valence-corrected chi connectivity index (χ2v) is 5.05. The number of fused-ring (bicyclic) bond motifs is 1. The van der Waals surface area contributed by atoms with Gasteiger partial charge in [-0.25, -0.2) is 0 Å². The SMILES string of the molecule is O=C(NC1COCC1C(=O)O)C1Cc2ccccc21. The van der Waals surface area contributed by atoms with Crippen molar-refractivity contribution in [2.45, 2.75) is 18.4 Å². The number of carbonyl (C=O) groups excluding carboxylic acids is 1. The van der Waals surface area contributed by atoms with Crippen molar-refractivity contribution in [2.75, 3.05) is 13.2 Å². The first-order valence-electron chi connectivity index (χ1n) is 6.35. The van der Waals surface area contributed by atoms with Crippen molar-refractivity contribution in [3.8, 4) is 0 Å². The van der Waals surface area contributed by atoms with Crippen LogP contribution in [-0.2, 0) is 20.7 Å². The van der Waals surface area contributed by atoms with E-state index >= 15 is 0 Å². The number of carboxylic acids is 1. The van der Waals surface area contributed by atoms with Crippen LogP contribution in [0.1, 0.15) is 17.0 Å². The fourth-order valence-electron chi connectivity index (χ4n) is 2.72. The number of amides is 1. The molecule has 5 nitrogen and oxygen atoms in total. The molecule has 1 fully saturated rings. The summed E-state index contributed by atoms with van der Waals surface area (Å²) in [6.45, 7) is 0.443. The number of rotatable bonds is 3. The molecule has 1 aromatic carbocycles. The summed E-state index contributed by atoms with van der Waals surface area (Å²) in [5.74, 6) is -1.80. The van der Waals surface area contributed by atoms with Crippen LogP contribution in [0.25, 0.3) is 0 Å². The monoisotopic (exact) mass is 261 g/mol. The predicted molar refractivity (Wildman–Crippen MR) is 66.8 cm³/mol. The van der Waals surface area contributed by atoms with Crippen LogP contribution in [0.5, 0.6) is 0 Å². The van der Waals surface area contributed by atoms with E-state index in [2.05, 4.69) is 5.32 Å². The minimum atomic E-state index is -0.920. The van der Waals surface area contributed by atoms with E-state index in [1.165, 1.54) is 5.56 Å². The maximum Gasteiger partial charge on any atom is 0.311 e. The molecule has 1 heterocycles. The number of ether oxygens (including phenoxy) is 1. The van der Waals surface area contributed by atoms with Crippen molar-refractivity contribution in [1.29, 1.82) is 0 Å². The van der Waals surface area contributed by atoms with E-state index in [-0.39, 0.29) is 25.0 Å². The quantitative estimate of drug-likeness (QED) is 0.832. The minimum Gasteiger partial charge on any atom is -0.481 e. The molecule has 2 aliphatic rings. The van der Waals surface area contributed by atoms with E-state index in [4.69, 9.17) is 9.84 Å². The molecular weight excluding hydrogens is 246 g/mol. The van der Waals surface area contributed by atoms with Gasteiger partial charge in [-0.1, -0.05) is 24.3 Å². The highest BCUT2D eigenvalue weighted by Crippen LogP contribution is 2.35. The lowest BCUT2D eigenvalue weighted by Crippen LogP contribution is -2.46. The summed E-state index contributed by atoms with van der Waals surface area (Å²) in [6, 6.07) is 7.41. The molecule has 0 aromatic heterocycles. The van der Waals surface area contributed by atoms with E-state index in [9.17, 15) is 9.59 Å². The molecule has 5 heteroatoms. The van der Waals surface area contributed by atoms with E-state index in [0.29, 0.717) is 0 Å². The second-order valence-electron chi connectivity index (χ2n) is 5.05. The van der Waals surface area contributed by atoms with Gasteiger partial charge in [-0.2, -0.15) is 0 Å². The zero-order chi connectivity index (χ0) is 13.4. The lowest BCUT2D eigenvalue weighted by Gasteiger charge is -2.30. The van der Waals surface area contributed by atoms with Crippen LogP contribution in [-0.4, -0.2) is 36.2 Å². The molecule has 1 saturated heterocycles. The van der Waals surface area contributed by atoms with Gasteiger partial charge in [0.05, 0.1) is 25.2 Å². The Balaban J connectivity index is 1.66. The largest absolute Gasteiger partial charge is 0.481 e. The highest BCUT2D eigenvalue weighted by Gasteiger charge is 2.38. The second kappa shape index (κ2) is 4.66. The summed E-state index contributed by atoms with van der Waals surface area (Å²) in [7, 11) is 0. The molecule has 0 spiro atoms. The highest BCUT2D eigenvalue weighted by atomic mass is 16.5. The van der Waals surface area contributed by atoms with E-state index < -0.39 is 17.9 Å². The fourth-order valence-corrected chi connectivity index (χ4v) is 2.72. The number of carboxylic acid groups (broad SMARTS) is 1. The van der Waals surface area contributed by atoms with Gasteiger partial charge in [0.1, 0.15) is 5.92 Å². The average Bonchev–Trinajstić information content (AvgIpc) is 2.79. The number of aliphatic carboxylic acids is 1. The molecule has 0 bridgehead atoms. The Morgan fingerprint density at radius 1 is 1.26 bits per heavy atom. The number of benzene rings is 1. The minimum absolute atomic E-state index is 0.0968. The summed E-state index contributed by atoms with van der Waals surface area (Å²) in [5.41, 5.74) is 2.24. The Kier molecular flexibility index (Phi) is 2.98. The lowest BCUT2D eigenvalue weighted by molar-refractivity contribution is -0.142. The third-order valence-corrected chi connectivity index (χ3v) is 3.90. The molecule has 19 heavy (non-hydrogen) atoms. The van der Waals surface area contributed by atoms with Crippen molar-refractivity contribution in [3.63, 3.8) is 0 Å². The first-order valence-corrected chi connectivity index (χ1v) is 6.35. The Morgan fingerprint density at radius 2 is 2.05 bits per heavy atom. The van der Waals surface area contributed by atoms with E-state index in [1.54, 1.807) is 0 Å². The Labute approximate surface area is 110 Å². The van der Waals surface area contributed by atoms with E-state index in [1.807, 2.05) is 24.3 Å². The molecule has 100 valence electrons. The Bertz CT molecular complexity index is 528. The molecule has 2 N–H and O–H groups in total. The summed E-state index contributed by atoms with van der Waals surface area (Å²) in [4.78, 5) is 23.2. The van der Waals surface area contributed by atoms with Gasteiger partial charge in [0, 0.05) is 0 Å². The zero-order valence-corrected chi connectivity index (χ0v) is 10.3. The van der Waals surface area contributed by atoms with Crippen molar-refractivity contribution < 1.29 is 19.4 Å². The molecule has 3 atom stereocenters. The van der Waals surface area contributed by atoms with Crippen LogP contribution in [0.4, 0.5) is 0 Å². The van der Waals surface area contributed by atoms with Crippen LogP contribution in [0.15, 0.2) is 24.3 Å². The smallest absolute Gasteiger partial charge is 0.311 e. The molecule has 1 amide bonds. The normalized spacial score (nSPS) is 28.3. The highest BCUT2D eigenvalue weighted by molar-refractivity contribution is 5.87. The maximum absolute atomic E-state index is 12.2. The van der Waals surface area contributed by atoms with Gasteiger partial charge in [0.2, 0.25) is 5.91 Å². The molecule has 0 saturated carbocycles. The van der Waals surface area contributed by atoms with Gasteiger partial charge >= 0.3 is 5.97 Å². The summed E-state index contributed by atoms with van der Waals surface area (Å²) in [5, 5.41) is 11.8. The van der Waals surface area contributed by atoms with Crippen molar-refractivity contribution in [3.05, 3.63) is 35.4 Å². The van der Waals surface area contributed by atoms with Crippen LogP contribution in [0.2, 0.25) is 0 Å². The van der Waals surface area contributed by atoms with Gasteiger partial charge in [-0.05, 0) is 17.5 Å². The van der Waals surface area contributed by atoms with Crippen molar-refractivity contribution in [2.24, 2.45) is 5.92 Å². The van der Waals surface area contributed by atoms with Gasteiger partial charge in [0.25, 0.3) is 0 Å². The first-order chi connectivity index (χ1) is 9.16. The van der Waals surface area contributed by atoms with Gasteiger partial charge in [0.15, 0.2) is 0 Å². The molecule has 3 rings (SSSR count). The number of nitrogens with one attached hydrogen (secondary N) is 1. The Hall–Kier alpha value is -1.88. The summed E-state index contributed by atoms with van der Waals surface area (Å²) in [6.07, 6.45) is 0.729. The zero-order valence-electron chi connectivity index (χ0n) is 10.3. The van der Waals surface area contributed by atoms with Gasteiger partial charge in [-0.15, -0.1) is 0 Å². The first kappa shape index (κ1) is 12.2. The maximum atomic E-state index is 12.2. The molecule has 3 unspecified atom stereocenters. The van der Waals surface area contributed by atoms with Gasteiger partial charge in [-0.3, -0.25) is 9.59 Å². The molecular formula is C14H15NO4. The predicted octanol–water partition coefficient (Wildman–Crippen LogP) is 0.542. The van der Waals surface area contributed by atoms with Crippen LogP contribution >= 0.6 is 0 Å². The third kappa shape index (κ3) is 2.10. The van der Waals surface area contributed by atoms with Crippen LogP contribution in [0, 0.1) is 5.92 Å². The number of hydrogen-bond donors (Lipinski definition) is 2. The molecule has 0 radical (unpaired) electrons. The standard InChI is InChI=1S/C14H15NO4/c16-13(10-5-8-3-1-2-4-9(8)10)15-12-7-19-6-11(12)14(17)18/h1-4,10-12H,5-7H2,(H,15,16)(H,17,18). The Morgan fingerprint density at radius 3 is 2.79 bits per heavy atom. The number of hydrogen-bond acceptors (Lipinski definition) is 3. The third-order valence-electron chi connectivity index (χ3n) is 3.90. The fraction of sp³-hybridized carbons (Fsp3) is 0.429. The van der Waals surface area contributed by atoms with Crippen LogP contribution < -0.4 is 5.32 Å². The average molecular weight is 261 g/mol. The molecule has 1 aromatic rings. The number of carbonyl (C=O) groups is 2. The lowest BCUT2D eigenvalue weighted by atomic mass is 9.77. The molecule has 1 aliphatic carbocycles. The van der Waals surface area contributed by atoms with Crippen molar-refractivity contribution in [1.82, 2.24) is 5.32 Å². The summed E-state index contributed by atoms with van der Waals surface area (Å²) < 4.78 is 5.14.